The molecule has 1 fully saturated rings. The lowest BCUT2D eigenvalue weighted by Gasteiger charge is -2.19. The van der Waals surface area contributed by atoms with E-state index in [1.165, 1.54) is 12.1 Å². The van der Waals surface area contributed by atoms with Crippen LogP contribution < -0.4 is 14.2 Å². The van der Waals surface area contributed by atoms with E-state index in [-0.39, 0.29) is 29.8 Å². The van der Waals surface area contributed by atoms with Crippen molar-refractivity contribution in [2.45, 2.75) is 37.9 Å². The molecule has 35 heavy (non-hydrogen) atoms. The largest absolute Gasteiger partial charge is 0.493 e. The molecule has 3 heterocycles. The number of fused-ring (bicyclic) bond motifs is 1. The van der Waals surface area contributed by atoms with Crippen molar-refractivity contribution in [1.82, 2.24) is 15.0 Å². The number of benzene rings is 2. The zero-order valence-electron chi connectivity index (χ0n) is 19.3. The van der Waals surface area contributed by atoms with Crippen LogP contribution in [0.25, 0.3) is 11.4 Å². The lowest BCUT2D eigenvalue weighted by Crippen LogP contribution is -2.17. The Kier molecular flexibility index (Phi) is 6.55. The average molecular weight is 489 g/mol. The molecule has 1 atom stereocenters. The summed E-state index contributed by atoms with van der Waals surface area (Å²) >= 11 is 0. The van der Waals surface area contributed by atoms with Gasteiger partial charge in [-0.05, 0) is 75.2 Å². The summed E-state index contributed by atoms with van der Waals surface area (Å²) in [5.41, 5.74) is 0.375. The third kappa shape index (κ3) is 5.22. The van der Waals surface area contributed by atoms with Gasteiger partial charge in [-0.15, -0.1) is 0 Å². The van der Waals surface area contributed by atoms with Gasteiger partial charge in [-0.3, -0.25) is 4.90 Å². The summed E-state index contributed by atoms with van der Waals surface area (Å²) in [4.78, 5) is 6.46. The molecule has 0 radical (unpaired) electrons. The van der Waals surface area contributed by atoms with Gasteiger partial charge >= 0.3 is 6.18 Å². The van der Waals surface area contributed by atoms with Crippen molar-refractivity contribution in [3.05, 3.63) is 53.4 Å². The third-order valence-corrected chi connectivity index (χ3v) is 6.26. The maximum Gasteiger partial charge on any atom is 0.419 e. The predicted octanol–water partition coefficient (Wildman–Crippen LogP) is 5.30. The SMILES string of the molecule is CN1CCC[C@H]1c1nc(-c2ccc(OCCCc3ccc4c(c3)OCCO4)c(C(F)(F)F)c2)no1. The number of aryl methyl sites for hydroxylation is 1. The summed E-state index contributed by atoms with van der Waals surface area (Å²) in [6.07, 6.45) is -1.51. The molecule has 1 saturated heterocycles. The van der Waals surface area contributed by atoms with Crippen molar-refractivity contribution in [3.8, 4) is 28.6 Å². The van der Waals surface area contributed by atoms with E-state index in [4.69, 9.17) is 18.7 Å². The van der Waals surface area contributed by atoms with Crippen molar-refractivity contribution >= 4 is 0 Å². The van der Waals surface area contributed by atoms with Crippen LogP contribution in [0.3, 0.4) is 0 Å². The van der Waals surface area contributed by atoms with E-state index < -0.39 is 11.7 Å². The van der Waals surface area contributed by atoms with Gasteiger partial charge in [0.25, 0.3) is 0 Å². The predicted molar refractivity (Wildman–Crippen MR) is 121 cm³/mol. The summed E-state index contributed by atoms with van der Waals surface area (Å²) in [6, 6.07) is 9.52. The zero-order chi connectivity index (χ0) is 24.4. The molecule has 10 heteroatoms. The number of hydrogen-bond donors (Lipinski definition) is 0. The van der Waals surface area contributed by atoms with Gasteiger partial charge in [0.2, 0.25) is 11.7 Å². The number of ether oxygens (including phenoxy) is 3. The first kappa shape index (κ1) is 23.5. The Morgan fingerprint density at radius 1 is 1.09 bits per heavy atom. The van der Waals surface area contributed by atoms with Crippen molar-refractivity contribution in [2.24, 2.45) is 0 Å². The zero-order valence-corrected chi connectivity index (χ0v) is 19.3. The molecule has 0 amide bonds. The van der Waals surface area contributed by atoms with Gasteiger partial charge in [-0.1, -0.05) is 11.2 Å². The second-order valence-electron chi connectivity index (χ2n) is 8.73. The lowest BCUT2D eigenvalue weighted by molar-refractivity contribution is -0.138. The first-order valence-corrected chi connectivity index (χ1v) is 11.7. The molecular weight excluding hydrogens is 463 g/mol. The van der Waals surface area contributed by atoms with Crippen LogP contribution in [0.5, 0.6) is 17.2 Å². The molecule has 2 aliphatic heterocycles. The summed E-state index contributed by atoms with van der Waals surface area (Å²) in [5, 5.41) is 3.92. The number of likely N-dealkylation sites (tertiary alicyclic amines) is 1. The maximum absolute atomic E-state index is 13.8. The topological polar surface area (TPSA) is 69.9 Å². The van der Waals surface area contributed by atoms with E-state index in [1.54, 1.807) is 0 Å². The minimum atomic E-state index is -4.58. The Morgan fingerprint density at radius 3 is 2.69 bits per heavy atom. The highest BCUT2D eigenvalue weighted by molar-refractivity contribution is 5.59. The molecule has 0 bridgehead atoms. The Balaban J connectivity index is 1.25. The first-order chi connectivity index (χ1) is 16.9. The van der Waals surface area contributed by atoms with Crippen molar-refractivity contribution in [1.29, 1.82) is 0 Å². The van der Waals surface area contributed by atoms with Gasteiger partial charge in [-0.2, -0.15) is 18.2 Å². The van der Waals surface area contributed by atoms with E-state index in [0.29, 0.717) is 43.4 Å². The molecule has 3 aromatic rings. The monoisotopic (exact) mass is 489 g/mol. The van der Waals surface area contributed by atoms with Gasteiger partial charge in [0.15, 0.2) is 11.5 Å². The number of alkyl halides is 3. The van der Waals surface area contributed by atoms with Gasteiger partial charge in [0.1, 0.15) is 19.0 Å². The molecule has 2 aliphatic rings. The van der Waals surface area contributed by atoms with Crippen LogP contribution in [0, 0.1) is 0 Å². The Bertz CT molecular complexity index is 1180. The molecule has 1 aromatic heterocycles. The quantitative estimate of drug-likeness (QED) is 0.417. The summed E-state index contributed by atoms with van der Waals surface area (Å²) in [7, 11) is 1.96. The standard InChI is InChI=1S/C25H26F3N3O4/c1-31-10-2-5-19(31)24-29-23(30-35-24)17-7-9-20(18(15-17)25(26,27)28)32-11-3-4-16-6-8-21-22(14-16)34-13-12-33-21/h6-9,14-15,19H,2-5,10-13H2,1H3/t19-/m0/s1. The van der Waals surface area contributed by atoms with Crippen LogP contribution >= 0.6 is 0 Å². The van der Waals surface area contributed by atoms with E-state index in [0.717, 1.165) is 31.0 Å². The highest BCUT2D eigenvalue weighted by Crippen LogP contribution is 2.39. The van der Waals surface area contributed by atoms with E-state index in [9.17, 15) is 13.2 Å². The van der Waals surface area contributed by atoms with E-state index in [1.807, 2.05) is 25.2 Å². The summed E-state index contributed by atoms with van der Waals surface area (Å²) in [5.74, 6) is 1.73. The number of aromatic nitrogens is 2. The smallest absolute Gasteiger partial charge is 0.419 e. The van der Waals surface area contributed by atoms with Crippen LogP contribution in [0.4, 0.5) is 13.2 Å². The summed E-state index contributed by atoms with van der Waals surface area (Å²) in [6.45, 7) is 2.07. The fourth-order valence-corrected chi connectivity index (χ4v) is 4.43. The molecule has 2 aromatic carbocycles. The molecule has 0 N–H and O–H groups in total. The first-order valence-electron chi connectivity index (χ1n) is 11.7. The van der Waals surface area contributed by atoms with Gasteiger partial charge < -0.3 is 18.7 Å². The fraction of sp³-hybridized carbons (Fsp3) is 0.440. The molecule has 0 saturated carbocycles. The Morgan fingerprint density at radius 2 is 1.91 bits per heavy atom. The fourth-order valence-electron chi connectivity index (χ4n) is 4.43. The molecule has 5 rings (SSSR count). The number of halogens is 3. The Labute approximate surface area is 200 Å². The average Bonchev–Trinajstić information content (AvgIpc) is 3.50. The third-order valence-electron chi connectivity index (χ3n) is 6.26. The summed E-state index contributed by atoms with van der Waals surface area (Å²) < 4.78 is 63.4. The highest BCUT2D eigenvalue weighted by atomic mass is 19.4. The molecule has 0 aliphatic carbocycles. The van der Waals surface area contributed by atoms with E-state index >= 15 is 0 Å². The van der Waals surface area contributed by atoms with Crippen molar-refractivity contribution in [3.63, 3.8) is 0 Å². The lowest BCUT2D eigenvalue weighted by atomic mass is 10.1. The number of rotatable bonds is 7. The van der Waals surface area contributed by atoms with Crippen molar-refractivity contribution in [2.75, 3.05) is 33.4 Å². The number of hydrogen-bond acceptors (Lipinski definition) is 7. The second kappa shape index (κ2) is 9.77. The number of nitrogens with zero attached hydrogens (tertiary/aromatic N) is 3. The molecular formula is C25H26F3N3O4. The van der Waals surface area contributed by atoms with Gasteiger partial charge in [0.05, 0.1) is 18.2 Å². The van der Waals surface area contributed by atoms with Crippen LogP contribution in [-0.4, -0.2) is 48.5 Å². The molecule has 186 valence electrons. The van der Waals surface area contributed by atoms with Crippen molar-refractivity contribution < 1.29 is 31.9 Å². The molecule has 0 spiro atoms. The van der Waals surface area contributed by atoms with Gasteiger partial charge in [-0.25, -0.2) is 0 Å². The maximum atomic E-state index is 13.8. The minimum absolute atomic E-state index is 0.00449. The molecule has 0 unspecified atom stereocenters. The highest BCUT2D eigenvalue weighted by Gasteiger charge is 2.35. The second-order valence-corrected chi connectivity index (χ2v) is 8.73. The van der Waals surface area contributed by atoms with Gasteiger partial charge in [0, 0.05) is 5.56 Å². The Hall–Kier alpha value is -3.27. The molecule has 7 nitrogen and oxygen atoms in total. The minimum Gasteiger partial charge on any atom is -0.493 e. The normalized spacial score (nSPS) is 18.1. The van der Waals surface area contributed by atoms with E-state index in [2.05, 4.69) is 15.0 Å². The van der Waals surface area contributed by atoms with Crippen LogP contribution in [0.15, 0.2) is 40.9 Å². The van der Waals surface area contributed by atoms with Crippen LogP contribution in [0.1, 0.15) is 42.3 Å². The van der Waals surface area contributed by atoms with Crippen LogP contribution in [0.2, 0.25) is 0 Å². The van der Waals surface area contributed by atoms with Crippen LogP contribution in [-0.2, 0) is 12.6 Å².